The Kier molecular flexibility index (Phi) is 2.89. The van der Waals surface area contributed by atoms with E-state index in [1.165, 1.54) is 0 Å². The number of hydrogen-bond donors (Lipinski definition) is 2. The van der Waals surface area contributed by atoms with E-state index in [2.05, 4.69) is 15.5 Å². The minimum atomic E-state index is 0.732. The Hall–Kier alpha value is -3.08. The summed E-state index contributed by atoms with van der Waals surface area (Å²) in [5.41, 5.74) is 2.67. The fourth-order valence-electron chi connectivity index (χ4n) is 2.61. The number of H-pyrrole nitrogens is 1. The lowest BCUT2D eigenvalue weighted by atomic mass is 10.1. The molecule has 2 heterocycles. The summed E-state index contributed by atoms with van der Waals surface area (Å²) in [5, 5.41) is 12.6. The van der Waals surface area contributed by atoms with Gasteiger partial charge in [-0.2, -0.15) is 5.10 Å². The topological polar surface area (TPSA) is 62.8 Å². The van der Waals surface area contributed by atoms with E-state index in [4.69, 9.17) is 9.72 Å². The van der Waals surface area contributed by atoms with Crippen LogP contribution in [-0.4, -0.2) is 22.3 Å². The number of benzene rings is 2. The van der Waals surface area contributed by atoms with Crippen LogP contribution >= 0.6 is 0 Å². The predicted octanol–water partition coefficient (Wildman–Crippen LogP) is 3.86. The molecule has 0 aliphatic heterocycles. The first-order valence-corrected chi connectivity index (χ1v) is 6.98. The molecule has 5 nitrogen and oxygen atoms in total. The quantitative estimate of drug-likeness (QED) is 0.601. The molecule has 0 amide bonds. The van der Waals surface area contributed by atoms with Gasteiger partial charge in [0, 0.05) is 16.5 Å². The van der Waals surface area contributed by atoms with Crippen LogP contribution in [0.1, 0.15) is 0 Å². The van der Waals surface area contributed by atoms with Crippen molar-refractivity contribution in [3.63, 3.8) is 0 Å². The van der Waals surface area contributed by atoms with E-state index >= 15 is 0 Å². The molecule has 0 fully saturated rings. The minimum Gasteiger partial charge on any atom is -0.494 e. The van der Waals surface area contributed by atoms with E-state index in [1.807, 2.05) is 54.7 Å². The van der Waals surface area contributed by atoms with Crippen molar-refractivity contribution < 1.29 is 4.74 Å². The minimum absolute atomic E-state index is 0.732. The number of aromatic nitrogens is 3. The molecular weight excluding hydrogens is 276 g/mol. The van der Waals surface area contributed by atoms with Gasteiger partial charge in [0.15, 0.2) is 5.82 Å². The summed E-state index contributed by atoms with van der Waals surface area (Å²) in [5.74, 6) is 1.48. The highest BCUT2D eigenvalue weighted by Crippen LogP contribution is 2.33. The molecule has 2 aromatic heterocycles. The Labute approximate surface area is 126 Å². The van der Waals surface area contributed by atoms with Crippen LogP contribution in [0.2, 0.25) is 0 Å². The number of aromatic amines is 1. The van der Waals surface area contributed by atoms with Gasteiger partial charge in [0.1, 0.15) is 16.8 Å². The molecule has 4 aromatic rings. The summed E-state index contributed by atoms with van der Waals surface area (Å²) in [4.78, 5) is 4.73. The third-order valence-electron chi connectivity index (χ3n) is 3.65. The molecule has 5 heteroatoms. The maximum atomic E-state index is 5.44. The molecule has 0 radical (unpaired) electrons. The molecule has 0 aliphatic carbocycles. The summed E-state index contributed by atoms with van der Waals surface area (Å²) in [6.07, 6.45) is 1.81. The number of nitrogens with one attached hydrogen (secondary N) is 2. The number of para-hydroxylation sites is 2. The Morgan fingerprint density at radius 3 is 2.68 bits per heavy atom. The molecular formula is C17H14N4O. The highest BCUT2D eigenvalue weighted by Gasteiger charge is 2.13. The van der Waals surface area contributed by atoms with Crippen LogP contribution in [0, 0.1) is 0 Å². The Balaban J connectivity index is 1.98. The van der Waals surface area contributed by atoms with E-state index < -0.39 is 0 Å². The summed E-state index contributed by atoms with van der Waals surface area (Å²) < 4.78 is 5.44. The van der Waals surface area contributed by atoms with Gasteiger partial charge in [0.2, 0.25) is 0 Å². The largest absolute Gasteiger partial charge is 0.494 e. The molecule has 0 bridgehead atoms. The average molecular weight is 290 g/mol. The third kappa shape index (κ3) is 1.95. The SMILES string of the molecule is COc1cccc2c1nc(Nc1ccccc1)c1[nH]ncc12. The number of fused-ring (bicyclic) bond motifs is 3. The van der Waals surface area contributed by atoms with E-state index in [9.17, 15) is 0 Å². The number of anilines is 2. The molecule has 0 spiro atoms. The molecule has 22 heavy (non-hydrogen) atoms. The molecule has 0 saturated heterocycles. The molecule has 2 aromatic carbocycles. The van der Waals surface area contributed by atoms with Crippen LogP contribution in [0.4, 0.5) is 11.5 Å². The fourth-order valence-corrected chi connectivity index (χ4v) is 2.61. The van der Waals surface area contributed by atoms with Gasteiger partial charge >= 0.3 is 0 Å². The zero-order valence-corrected chi connectivity index (χ0v) is 12.0. The van der Waals surface area contributed by atoms with Crippen LogP contribution in [0.15, 0.2) is 54.7 Å². The van der Waals surface area contributed by atoms with Crippen molar-refractivity contribution in [2.45, 2.75) is 0 Å². The lowest BCUT2D eigenvalue weighted by molar-refractivity contribution is 0.419. The number of ether oxygens (including phenoxy) is 1. The maximum absolute atomic E-state index is 5.44. The fraction of sp³-hybridized carbons (Fsp3) is 0.0588. The molecule has 0 atom stereocenters. The number of nitrogens with zero attached hydrogens (tertiary/aromatic N) is 2. The van der Waals surface area contributed by atoms with Crippen molar-refractivity contribution in [1.29, 1.82) is 0 Å². The average Bonchev–Trinajstić information content (AvgIpc) is 3.06. The van der Waals surface area contributed by atoms with Crippen molar-refractivity contribution in [2.24, 2.45) is 0 Å². The second kappa shape index (κ2) is 5.04. The predicted molar refractivity (Wildman–Crippen MR) is 87.7 cm³/mol. The first kappa shape index (κ1) is 12.6. The Morgan fingerprint density at radius 1 is 1.00 bits per heavy atom. The van der Waals surface area contributed by atoms with Gasteiger partial charge in [-0.1, -0.05) is 30.3 Å². The van der Waals surface area contributed by atoms with Crippen LogP contribution in [0.5, 0.6) is 5.75 Å². The number of hydrogen-bond acceptors (Lipinski definition) is 4. The first-order chi connectivity index (χ1) is 10.9. The third-order valence-corrected chi connectivity index (χ3v) is 3.65. The van der Waals surface area contributed by atoms with Gasteiger partial charge in [0.05, 0.1) is 13.3 Å². The van der Waals surface area contributed by atoms with Crippen molar-refractivity contribution >= 4 is 33.3 Å². The van der Waals surface area contributed by atoms with Crippen LogP contribution < -0.4 is 10.1 Å². The Morgan fingerprint density at radius 2 is 1.86 bits per heavy atom. The van der Waals surface area contributed by atoms with Crippen LogP contribution in [0.3, 0.4) is 0 Å². The smallest absolute Gasteiger partial charge is 0.157 e. The van der Waals surface area contributed by atoms with Crippen molar-refractivity contribution in [1.82, 2.24) is 15.2 Å². The van der Waals surface area contributed by atoms with Crippen molar-refractivity contribution in [2.75, 3.05) is 12.4 Å². The number of rotatable bonds is 3. The monoisotopic (exact) mass is 290 g/mol. The Bertz CT molecular complexity index is 947. The van der Waals surface area contributed by atoms with E-state index in [0.717, 1.165) is 39.1 Å². The van der Waals surface area contributed by atoms with E-state index in [0.29, 0.717) is 0 Å². The van der Waals surface area contributed by atoms with Gasteiger partial charge < -0.3 is 10.1 Å². The molecule has 4 rings (SSSR count). The lowest BCUT2D eigenvalue weighted by Crippen LogP contribution is -1.97. The van der Waals surface area contributed by atoms with Gasteiger partial charge in [-0.25, -0.2) is 4.98 Å². The zero-order valence-electron chi connectivity index (χ0n) is 12.0. The van der Waals surface area contributed by atoms with Crippen molar-refractivity contribution in [3.05, 3.63) is 54.7 Å². The second-order valence-electron chi connectivity index (χ2n) is 4.97. The molecule has 2 N–H and O–H groups in total. The normalized spacial score (nSPS) is 11.0. The molecule has 108 valence electrons. The highest BCUT2D eigenvalue weighted by molar-refractivity contribution is 6.10. The summed E-state index contributed by atoms with van der Waals surface area (Å²) in [6.45, 7) is 0. The van der Waals surface area contributed by atoms with Crippen molar-refractivity contribution in [3.8, 4) is 5.75 Å². The number of pyridine rings is 1. The lowest BCUT2D eigenvalue weighted by Gasteiger charge is -2.10. The van der Waals surface area contributed by atoms with E-state index in [-0.39, 0.29) is 0 Å². The summed E-state index contributed by atoms with van der Waals surface area (Å²) in [6, 6.07) is 15.8. The van der Waals surface area contributed by atoms with E-state index in [1.54, 1.807) is 7.11 Å². The van der Waals surface area contributed by atoms with Gasteiger partial charge in [-0.05, 0) is 18.2 Å². The van der Waals surface area contributed by atoms with Crippen LogP contribution in [-0.2, 0) is 0 Å². The molecule has 0 unspecified atom stereocenters. The first-order valence-electron chi connectivity index (χ1n) is 6.98. The van der Waals surface area contributed by atoms with Crippen LogP contribution in [0.25, 0.3) is 21.8 Å². The van der Waals surface area contributed by atoms with Gasteiger partial charge in [-0.3, -0.25) is 5.10 Å². The molecule has 0 saturated carbocycles. The second-order valence-corrected chi connectivity index (χ2v) is 4.97. The van der Waals surface area contributed by atoms with Gasteiger partial charge in [0.25, 0.3) is 0 Å². The molecule has 0 aliphatic rings. The summed E-state index contributed by atoms with van der Waals surface area (Å²) in [7, 11) is 1.65. The number of methoxy groups -OCH3 is 1. The highest BCUT2D eigenvalue weighted by atomic mass is 16.5. The maximum Gasteiger partial charge on any atom is 0.157 e. The standard InChI is InChI=1S/C17H14N4O/c1-22-14-9-5-8-12-13-10-18-21-16(13)17(20-15(12)14)19-11-6-3-2-4-7-11/h2-10H,1H3,(H,18,21)(H,19,20). The summed E-state index contributed by atoms with van der Waals surface area (Å²) >= 11 is 0. The zero-order chi connectivity index (χ0) is 14.9. The van der Waals surface area contributed by atoms with Gasteiger partial charge in [-0.15, -0.1) is 0 Å².